The van der Waals surface area contributed by atoms with Crippen molar-refractivity contribution in [3.63, 3.8) is 0 Å². The number of hydrogen-bond acceptors (Lipinski definition) is 8. The number of amides is 1. The predicted molar refractivity (Wildman–Crippen MR) is 126 cm³/mol. The molecule has 1 amide bonds. The summed E-state index contributed by atoms with van der Waals surface area (Å²) >= 11 is 1.10. The van der Waals surface area contributed by atoms with Gasteiger partial charge < -0.3 is 14.0 Å². The van der Waals surface area contributed by atoms with Gasteiger partial charge in [0.25, 0.3) is 0 Å². The Kier molecular flexibility index (Phi) is 8.52. The van der Waals surface area contributed by atoms with Crippen LogP contribution in [0.3, 0.4) is 0 Å². The monoisotopic (exact) mass is 522 g/mol. The molecule has 0 aliphatic rings. The van der Waals surface area contributed by atoms with Crippen molar-refractivity contribution in [1.29, 1.82) is 0 Å². The highest BCUT2D eigenvalue weighted by atomic mass is 32.2. The molecular formula is C23H23FN2O7S2. The molecule has 0 spiro atoms. The van der Waals surface area contributed by atoms with Gasteiger partial charge in [-0.1, -0.05) is 11.3 Å². The molecule has 12 heteroatoms. The molecule has 0 bridgehead atoms. The first-order valence-corrected chi connectivity index (χ1v) is 13.0. The summed E-state index contributed by atoms with van der Waals surface area (Å²) in [6, 6.07) is 9.23. The van der Waals surface area contributed by atoms with Gasteiger partial charge in [-0.3, -0.25) is 9.59 Å². The normalized spacial score (nSPS) is 12.0. The number of nitrogens with zero attached hydrogens (tertiary/aromatic N) is 2. The summed E-state index contributed by atoms with van der Waals surface area (Å²) < 4.78 is 49.7. The van der Waals surface area contributed by atoms with Crippen molar-refractivity contribution >= 4 is 49.2 Å². The quantitative estimate of drug-likeness (QED) is 0.313. The lowest BCUT2D eigenvalue weighted by molar-refractivity contribution is -0.141. The van der Waals surface area contributed by atoms with Crippen LogP contribution in [0.25, 0.3) is 10.2 Å². The average molecular weight is 523 g/mol. The first kappa shape index (κ1) is 26.2. The summed E-state index contributed by atoms with van der Waals surface area (Å²) in [5, 5.41) is 0. The molecule has 35 heavy (non-hydrogen) atoms. The third-order valence-electron chi connectivity index (χ3n) is 4.91. The Hall–Kier alpha value is -3.38. The van der Waals surface area contributed by atoms with Crippen molar-refractivity contribution in [1.82, 2.24) is 4.57 Å². The molecule has 0 saturated heterocycles. The Balaban J connectivity index is 1.83. The number of hydrogen-bond donors (Lipinski definition) is 0. The van der Waals surface area contributed by atoms with Crippen LogP contribution in [0.4, 0.5) is 4.39 Å². The van der Waals surface area contributed by atoms with Crippen LogP contribution < -0.4 is 4.80 Å². The molecule has 0 aliphatic heterocycles. The maximum absolute atomic E-state index is 13.0. The summed E-state index contributed by atoms with van der Waals surface area (Å²) in [6.45, 7) is 1.70. The van der Waals surface area contributed by atoms with Crippen molar-refractivity contribution in [3.05, 3.63) is 58.6 Å². The summed E-state index contributed by atoms with van der Waals surface area (Å²) in [5.41, 5.74) is 0.883. The van der Waals surface area contributed by atoms with Crippen LogP contribution in [0.15, 0.2) is 52.4 Å². The van der Waals surface area contributed by atoms with E-state index in [0.717, 1.165) is 23.5 Å². The number of ether oxygens (including phenoxy) is 2. The molecule has 0 aliphatic carbocycles. The standard InChI is InChI=1S/C23H23FN2O7S2/c1-3-33-22(29)15-6-11-18-19(13-15)34-23(26(18)14-21(28)32-2)25-20(27)5-4-12-35(30,31)17-9-7-16(24)8-10-17/h6-11,13H,3-5,12,14H2,1-2H3. The second-order valence-electron chi connectivity index (χ2n) is 7.33. The lowest BCUT2D eigenvalue weighted by atomic mass is 10.2. The van der Waals surface area contributed by atoms with E-state index in [1.54, 1.807) is 25.1 Å². The Labute approximate surface area is 204 Å². The number of carbonyl (C=O) groups is 3. The van der Waals surface area contributed by atoms with Gasteiger partial charge in [0.2, 0.25) is 5.91 Å². The predicted octanol–water partition coefficient (Wildman–Crippen LogP) is 2.87. The minimum absolute atomic E-state index is 0.0109. The molecule has 186 valence electrons. The van der Waals surface area contributed by atoms with Crippen molar-refractivity contribution in [2.75, 3.05) is 19.5 Å². The van der Waals surface area contributed by atoms with Crippen LogP contribution in [-0.2, 0) is 35.4 Å². The van der Waals surface area contributed by atoms with Crippen LogP contribution in [0.2, 0.25) is 0 Å². The van der Waals surface area contributed by atoms with Crippen LogP contribution in [0.5, 0.6) is 0 Å². The molecular weight excluding hydrogens is 499 g/mol. The highest BCUT2D eigenvalue weighted by Crippen LogP contribution is 2.20. The van der Waals surface area contributed by atoms with Gasteiger partial charge in [-0.25, -0.2) is 17.6 Å². The number of fused-ring (bicyclic) bond motifs is 1. The zero-order valence-corrected chi connectivity index (χ0v) is 20.7. The van der Waals surface area contributed by atoms with Crippen LogP contribution in [-0.4, -0.2) is 50.3 Å². The number of rotatable bonds is 9. The van der Waals surface area contributed by atoms with E-state index in [-0.39, 0.29) is 41.4 Å². The molecule has 2 aromatic carbocycles. The van der Waals surface area contributed by atoms with Crippen molar-refractivity contribution < 1.29 is 36.7 Å². The highest BCUT2D eigenvalue weighted by molar-refractivity contribution is 7.91. The van der Waals surface area contributed by atoms with E-state index in [1.807, 2.05) is 0 Å². The number of aromatic nitrogens is 1. The zero-order valence-electron chi connectivity index (χ0n) is 19.0. The van der Waals surface area contributed by atoms with E-state index in [1.165, 1.54) is 23.8 Å². The number of sulfone groups is 1. The SMILES string of the molecule is CCOC(=O)c1ccc2c(c1)sc(=NC(=O)CCCS(=O)(=O)c1ccc(F)cc1)n2CC(=O)OC. The molecule has 0 atom stereocenters. The summed E-state index contributed by atoms with van der Waals surface area (Å²) in [6.07, 6.45) is -0.141. The molecule has 0 fully saturated rings. The number of methoxy groups -OCH3 is 1. The van der Waals surface area contributed by atoms with Gasteiger partial charge in [0, 0.05) is 6.42 Å². The third kappa shape index (κ3) is 6.61. The van der Waals surface area contributed by atoms with Gasteiger partial charge in [-0.15, -0.1) is 0 Å². The maximum Gasteiger partial charge on any atom is 0.338 e. The smallest absolute Gasteiger partial charge is 0.338 e. The molecule has 1 heterocycles. The van der Waals surface area contributed by atoms with E-state index in [2.05, 4.69) is 4.99 Å². The Morgan fingerprint density at radius 3 is 2.49 bits per heavy atom. The van der Waals surface area contributed by atoms with E-state index < -0.39 is 33.5 Å². The first-order valence-electron chi connectivity index (χ1n) is 10.6. The lowest BCUT2D eigenvalue weighted by Crippen LogP contribution is -2.22. The molecule has 0 unspecified atom stereocenters. The molecule has 3 rings (SSSR count). The minimum Gasteiger partial charge on any atom is -0.468 e. The van der Waals surface area contributed by atoms with Gasteiger partial charge in [-0.2, -0.15) is 4.99 Å². The van der Waals surface area contributed by atoms with E-state index in [4.69, 9.17) is 9.47 Å². The van der Waals surface area contributed by atoms with Gasteiger partial charge in [0.15, 0.2) is 14.6 Å². The molecule has 0 N–H and O–H groups in total. The van der Waals surface area contributed by atoms with E-state index in [9.17, 15) is 27.2 Å². The average Bonchev–Trinajstić information content (AvgIpc) is 3.15. The minimum atomic E-state index is -3.68. The molecule has 0 saturated carbocycles. The zero-order chi connectivity index (χ0) is 25.6. The lowest BCUT2D eigenvalue weighted by Gasteiger charge is -2.05. The van der Waals surface area contributed by atoms with E-state index in [0.29, 0.717) is 15.8 Å². The Bertz CT molecular complexity index is 1420. The Morgan fingerprint density at radius 1 is 1.11 bits per heavy atom. The fraction of sp³-hybridized carbons (Fsp3) is 0.304. The number of halogens is 1. The van der Waals surface area contributed by atoms with Crippen molar-refractivity contribution in [2.45, 2.75) is 31.2 Å². The summed E-state index contributed by atoms with van der Waals surface area (Å²) in [4.78, 5) is 40.8. The molecule has 1 aromatic heterocycles. The van der Waals surface area contributed by atoms with Gasteiger partial charge in [0.1, 0.15) is 12.4 Å². The fourth-order valence-corrected chi connectivity index (χ4v) is 5.58. The van der Waals surface area contributed by atoms with Crippen LogP contribution >= 0.6 is 11.3 Å². The first-order chi connectivity index (χ1) is 16.6. The molecule has 9 nitrogen and oxygen atoms in total. The topological polar surface area (TPSA) is 121 Å². The highest BCUT2D eigenvalue weighted by Gasteiger charge is 2.17. The van der Waals surface area contributed by atoms with Crippen LogP contribution in [0.1, 0.15) is 30.1 Å². The van der Waals surface area contributed by atoms with Crippen LogP contribution in [0, 0.1) is 5.82 Å². The summed E-state index contributed by atoms with van der Waals surface area (Å²) in [7, 11) is -2.44. The Morgan fingerprint density at radius 2 is 1.83 bits per heavy atom. The second-order valence-corrected chi connectivity index (χ2v) is 10.5. The number of benzene rings is 2. The molecule has 3 aromatic rings. The maximum atomic E-state index is 13.0. The fourth-order valence-electron chi connectivity index (χ4n) is 3.18. The van der Waals surface area contributed by atoms with Gasteiger partial charge in [-0.05, 0) is 55.8 Å². The number of thiazole rings is 1. The summed E-state index contributed by atoms with van der Waals surface area (Å²) in [5.74, 6) is -2.49. The van der Waals surface area contributed by atoms with Gasteiger partial charge in [0.05, 0.1) is 40.1 Å². The van der Waals surface area contributed by atoms with Gasteiger partial charge >= 0.3 is 11.9 Å². The van der Waals surface area contributed by atoms with Crippen molar-refractivity contribution in [3.8, 4) is 0 Å². The third-order valence-corrected chi connectivity index (χ3v) is 7.76. The largest absolute Gasteiger partial charge is 0.468 e. The second kappa shape index (κ2) is 11.4. The number of esters is 2. The van der Waals surface area contributed by atoms with E-state index >= 15 is 0 Å². The van der Waals surface area contributed by atoms with Crippen molar-refractivity contribution in [2.24, 2.45) is 4.99 Å². The number of carbonyl (C=O) groups excluding carboxylic acids is 3. The molecule has 0 radical (unpaired) electrons.